The van der Waals surface area contributed by atoms with Crippen molar-refractivity contribution in [3.63, 3.8) is 0 Å². The Hall–Kier alpha value is -3.02. The lowest BCUT2D eigenvalue weighted by Crippen LogP contribution is -2.39. The summed E-state index contributed by atoms with van der Waals surface area (Å²) in [6.45, 7) is 5.43. The van der Waals surface area contributed by atoms with Crippen LogP contribution in [0.15, 0.2) is 53.2 Å². The van der Waals surface area contributed by atoms with Gasteiger partial charge in [-0.3, -0.25) is 9.78 Å². The maximum Gasteiger partial charge on any atom is 0.253 e. The number of aromatic nitrogens is 3. The first kappa shape index (κ1) is 18.3. The molecule has 1 aliphatic heterocycles. The molecule has 1 aliphatic rings. The summed E-state index contributed by atoms with van der Waals surface area (Å²) in [7, 11) is 0. The summed E-state index contributed by atoms with van der Waals surface area (Å²) in [6, 6.07) is 13.4. The first-order valence-corrected chi connectivity index (χ1v) is 9.76. The van der Waals surface area contributed by atoms with Crippen molar-refractivity contribution in [3.8, 4) is 11.3 Å². The molecule has 2 aromatic heterocycles. The largest absolute Gasteiger partial charge is 0.339 e. The Balaban J connectivity index is 1.51. The van der Waals surface area contributed by atoms with Gasteiger partial charge in [0.05, 0.1) is 11.6 Å². The van der Waals surface area contributed by atoms with Crippen molar-refractivity contribution < 1.29 is 9.32 Å². The number of amides is 1. The maximum absolute atomic E-state index is 13.1. The van der Waals surface area contributed by atoms with Gasteiger partial charge < -0.3 is 9.42 Å². The molecular formula is C22H24N4O2. The van der Waals surface area contributed by atoms with Gasteiger partial charge in [-0.25, -0.2) is 0 Å². The van der Waals surface area contributed by atoms with Crippen molar-refractivity contribution in [2.45, 2.75) is 38.5 Å². The van der Waals surface area contributed by atoms with Crippen LogP contribution in [0.1, 0.15) is 60.6 Å². The monoisotopic (exact) mass is 376 g/mol. The third-order valence-electron chi connectivity index (χ3n) is 5.10. The van der Waals surface area contributed by atoms with Crippen molar-refractivity contribution >= 4 is 5.91 Å². The Morgan fingerprint density at radius 2 is 2.11 bits per heavy atom. The second kappa shape index (κ2) is 7.92. The van der Waals surface area contributed by atoms with Gasteiger partial charge in [0.25, 0.3) is 5.91 Å². The summed E-state index contributed by atoms with van der Waals surface area (Å²) < 4.78 is 5.47. The Kier molecular flexibility index (Phi) is 5.19. The zero-order chi connectivity index (χ0) is 19.5. The van der Waals surface area contributed by atoms with Crippen LogP contribution in [0.2, 0.25) is 0 Å². The molecule has 4 rings (SSSR count). The summed E-state index contributed by atoms with van der Waals surface area (Å²) in [6.07, 6.45) is 3.64. The number of nitrogens with zero attached hydrogens (tertiary/aromatic N) is 4. The molecule has 1 saturated heterocycles. The van der Waals surface area contributed by atoms with Crippen molar-refractivity contribution in [2.75, 3.05) is 13.1 Å². The van der Waals surface area contributed by atoms with Gasteiger partial charge in [-0.05, 0) is 37.1 Å². The molecule has 1 aromatic carbocycles. The van der Waals surface area contributed by atoms with Gasteiger partial charge in [-0.2, -0.15) is 4.98 Å². The molecule has 3 aromatic rings. The zero-order valence-corrected chi connectivity index (χ0v) is 16.2. The smallest absolute Gasteiger partial charge is 0.253 e. The van der Waals surface area contributed by atoms with E-state index >= 15 is 0 Å². The number of rotatable bonds is 4. The molecule has 0 spiro atoms. The van der Waals surface area contributed by atoms with E-state index in [0.29, 0.717) is 18.0 Å². The molecule has 6 heteroatoms. The molecular weight excluding hydrogens is 352 g/mol. The van der Waals surface area contributed by atoms with E-state index in [-0.39, 0.29) is 17.7 Å². The van der Waals surface area contributed by atoms with E-state index in [1.165, 1.54) is 0 Å². The SMILES string of the molecule is CC(C)c1noc([C@H]2CCCN(C(=O)c3cccc(-c4ccccn4)c3)C2)n1. The van der Waals surface area contributed by atoms with Crippen LogP contribution < -0.4 is 0 Å². The van der Waals surface area contributed by atoms with Crippen LogP contribution in [-0.4, -0.2) is 39.0 Å². The predicted octanol–water partition coefficient (Wildman–Crippen LogP) is 4.27. The molecule has 0 radical (unpaired) electrons. The van der Waals surface area contributed by atoms with Crippen molar-refractivity contribution in [1.29, 1.82) is 0 Å². The van der Waals surface area contributed by atoms with Crippen LogP contribution >= 0.6 is 0 Å². The first-order chi connectivity index (χ1) is 13.6. The zero-order valence-electron chi connectivity index (χ0n) is 16.2. The third-order valence-corrected chi connectivity index (χ3v) is 5.10. The van der Waals surface area contributed by atoms with E-state index in [4.69, 9.17) is 4.52 Å². The highest BCUT2D eigenvalue weighted by Gasteiger charge is 2.29. The minimum absolute atomic E-state index is 0.0334. The van der Waals surface area contributed by atoms with Crippen molar-refractivity contribution in [2.24, 2.45) is 0 Å². The lowest BCUT2D eigenvalue weighted by Gasteiger charge is -2.31. The lowest BCUT2D eigenvalue weighted by molar-refractivity contribution is 0.0695. The topological polar surface area (TPSA) is 72.1 Å². The highest BCUT2D eigenvalue weighted by molar-refractivity contribution is 5.95. The fourth-order valence-electron chi connectivity index (χ4n) is 3.54. The fourth-order valence-corrected chi connectivity index (χ4v) is 3.54. The lowest BCUT2D eigenvalue weighted by atomic mass is 9.97. The van der Waals surface area contributed by atoms with E-state index in [1.807, 2.05) is 61.2 Å². The van der Waals surface area contributed by atoms with Gasteiger partial charge >= 0.3 is 0 Å². The highest BCUT2D eigenvalue weighted by Crippen LogP contribution is 2.28. The van der Waals surface area contributed by atoms with E-state index < -0.39 is 0 Å². The number of pyridine rings is 1. The molecule has 1 fully saturated rings. The van der Waals surface area contributed by atoms with Crippen molar-refractivity contribution in [1.82, 2.24) is 20.0 Å². The fraction of sp³-hybridized carbons (Fsp3) is 0.364. The number of carbonyl (C=O) groups excluding carboxylic acids is 1. The standard InChI is InChI=1S/C22H24N4O2/c1-15(2)20-24-21(28-25-20)18-9-6-12-26(14-18)22(27)17-8-5-7-16(13-17)19-10-3-4-11-23-19/h3-5,7-8,10-11,13,15,18H,6,9,12,14H2,1-2H3/t18-/m0/s1. The van der Waals surface area contributed by atoms with Gasteiger partial charge in [0, 0.05) is 36.3 Å². The molecule has 28 heavy (non-hydrogen) atoms. The Morgan fingerprint density at radius 1 is 1.21 bits per heavy atom. The molecule has 6 nitrogen and oxygen atoms in total. The number of carbonyl (C=O) groups is 1. The second-order valence-corrected chi connectivity index (χ2v) is 7.53. The maximum atomic E-state index is 13.1. The molecule has 1 atom stereocenters. The normalized spacial score (nSPS) is 17.1. The quantitative estimate of drug-likeness (QED) is 0.680. The summed E-state index contributed by atoms with van der Waals surface area (Å²) >= 11 is 0. The van der Waals surface area contributed by atoms with Gasteiger partial charge in [0.2, 0.25) is 5.89 Å². The predicted molar refractivity (Wildman–Crippen MR) is 106 cm³/mol. The van der Waals surface area contributed by atoms with E-state index in [0.717, 1.165) is 36.5 Å². The summed E-state index contributed by atoms with van der Waals surface area (Å²) in [5.74, 6) is 1.72. The number of likely N-dealkylation sites (tertiary alicyclic amines) is 1. The molecule has 0 saturated carbocycles. The summed E-state index contributed by atoms with van der Waals surface area (Å²) in [4.78, 5) is 23.9. The number of benzene rings is 1. The molecule has 0 unspecified atom stereocenters. The van der Waals surface area contributed by atoms with Crippen molar-refractivity contribution in [3.05, 3.63) is 65.9 Å². The van der Waals surface area contributed by atoms with Gasteiger partial charge in [0.15, 0.2) is 5.82 Å². The van der Waals surface area contributed by atoms with Crippen LogP contribution in [0, 0.1) is 0 Å². The number of hydrogen-bond donors (Lipinski definition) is 0. The van der Waals surface area contributed by atoms with E-state index in [9.17, 15) is 4.79 Å². The van der Waals surface area contributed by atoms with Crippen LogP contribution in [0.5, 0.6) is 0 Å². The highest BCUT2D eigenvalue weighted by atomic mass is 16.5. The Bertz CT molecular complexity index is 952. The molecule has 0 aliphatic carbocycles. The minimum atomic E-state index is 0.0334. The Labute approximate surface area is 164 Å². The molecule has 0 bridgehead atoms. The Morgan fingerprint density at radius 3 is 2.86 bits per heavy atom. The summed E-state index contributed by atoms with van der Waals surface area (Å²) in [5, 5.41) is 4.07. The average molecular weight is 376 g/mol. The molecule has 1 amide bonds. The number of hydrogen-bond acceptors (Lipinski definition) is 5. The average Bonchev–Trinajstić information content (AvgIpc) is 3.25. The minimum Gasteiger partial charge on any atom is -0.339 e. The van der Waals surface area contributed by atoms with Crippen LogP contribution in [0.25, 0.3) is 11.3 Å². The van der Waals surface area contributed by atoms with Gasteiger partial charge in [-0.15, -0.1) is 0 Å². The van der Waals surface area contributed by atoms with Crippen LogP contribution in [-0.2, 0) is 0 Å². The molecule has 3 heterocycles. The van der Waals surface area contributed by atoms with E-state index in [1.54, 1.807) is 6.20 Å². The molecule has 144 valence electrons. The first-order valence-electron chi connectivity index (χ1n) is 9.76. The van der Waals surface area contributed by atoms with E-state index in [2.05, 4.69) is 15.1 Å². The summed E-state index contributed by atoms with van der Waals surface area (Å²) in [5.41, 5.74) is 2.48. The van der Waals surface area contributed by atoms with Gasteiger partial charge in [0.1, 0.15) is 0 Å². The molecule has 0 N–H and O–H groups in total. The number of piperidine rings is 1. The second-order valence-electron chi connectivity index (χ2n) is 7.53. The van der Waals surface area contributed by atoms with Crippen LogP contribution in [0.4, 0.5) is 0 Å². The third kappa shape index (κ3) is 3.81. The van der Waals surface area contributed by atoms with Crippen LogP contribution in [0.3, 0.4) is 0 Å². The van der Waals surface area contributed by atoms with Gasteiger partial charge in [-0.1, -0.05) is 37.2 Å².